The number of benzene rings is 2. The molecule has 1 fully saturated rings. The number of rotatable bonds is 3. The molecule has 2 amide bonds. The first-order valence-electron chi connectivity index (χ1n) is 8.95. The number of carbonyl (C=O) groups is 3. The minimum atomic E-state index is -0.849. The van der Waals surface area contributed by atoms with E-state index >= 15 is 0 Å². The number of cyclic esters (lactones) is 1. The molecule has 6 nitrogen and oxygen atoms in total. The molecular weight excluding hydrogens is 344 g/mol. The molecule has 0 bridgehead atoms. The van der Waals surface area contributed by atoms with Gasteiger partial charge in [-0.25, -0.2) is 4.79 Å². The fraction of sp³-hybridized carbons (Fsp3) is 0.286. The third-order valence-electron chi connectivity index (χ3n) is 5.34. The van der Waals surface area contributed by atoms with Crippen LogP contribution in [0, 0.1) is 13.8 Å². The van der Waals surface area contributed by atoms with E-state index in [-0.39, 0.29) is 18.2 Å². The number of fused-ring (bicyclic) bond motifs is 1. The number of ether oxygens (including phenoxy) is 1. The van der Waals surface area contributed by atoms with Gasteiger partial charge in [0.25, 0.3) is 0 Å². The standard InChI is InChI=1S/C21H20N2O4/c1-12-6-5-9-16(13(12)2)22-19(25)17-10-11-18(24)23(17)20-14-7-3-4-8-15(14)21(26)27-20/h3-9,17,20H,10-11H2,1-2H3,(H,22,25)/t17-,20+/m0/s1. The van der Waals surface area contributed by atoms with Crippen LogP contribution in [0.4, 0.5) is 5.69 Å². The Kier molecular flexibility index (Phi) is 4.18. The molecule has 4 rings (SSSR count). The average Bonchev–Trinajstić information content (AvgIpc) is 3.19. The number of esters is 1. The third kappa shape index (κ3) is 2.87. The van der Waals surface area contributed by atoms with E-state index in [4.69, 9.17) is 4.74 Å². The minimum Gasteiger partial charge on any atom is -0.433 e. The first-order valence-corrected chi connectivity index (χ1v) is 8.95. The largest absolute Gasteiger partial charge is 0.433 e. The molecule has 2 heterocycles. The summed E-state index contributed by atoms with van der Waals surface area (Å²) in [4.78, 5) is 39.0. The monoisotopic (exact) mass is 364 g/mol. The van der Waals surface area contributed by atoms with E-state index in [1.807, 2.05) is 32.0 Å². The van der Waals surface area contributed by atoms with Gasteiger partial charge in [0.15, 0.2) is 0 Å². The summed E-state index contributed by atoms with van der Waals surface area (Å²) >= 11 is 0. The van der Waals surface area contributed by atoms with E-state index in [1.165, 1.54) is 4.90 Å². The van der Waals surface area contributed by atoms with Gasteiger partial charge in [-0.2, -0.15) is 0 Å². The van der Waals surface area contributed by atoms with Crippen molar-refractivity contribution in [2.24, 2.45) is 0 Å². The number of amides is 2. The lowest BCUT2D eigenvalue weighted by atomic mass is 10.1. The maximum absolute atomic E-state index is 12.9. The molecule has 2 aliphatic heterocycles. The van der Waals surface area contributed by atoms with Crippen LogP contribution in [-0.2, 0) is 14.3 Å². The first kappa shape index (κ1) is 17.3. The fourth-order valence-electron chi connectivity index (χ4n) is 3.69. The number of likely N-dealkylation sites (tertiary alicyclic amines) is 1. The number of anilines is 1. The summed E-state index contributed by atoms with van der Waals surface area (Å²) in [5.41, 5.74) is 3.85. The van der Waals surface area contributed by atoms with E-state index in [0.29, 0.717) is 17.5 Å². The van der Waals surface area contributed by atoms with Crippen LogP contribution in [0.25, 0.3) is 0 Å². The van der Waals surface area contributed by atoms with Crippen molar-refractivity contribution >= 4 is 23.5 Å². The Morgan fingerprint density at radius 3 is 2.70 bits per heavy atom. The van der Waals surface area contributed by atoms with Gasteiger partial charge in [0.2, 0.25) is 18.0 Å². The predicted molar refractivity (Wildman–Crippen MR) is 99.0 cm³/mol. The number of nitrogens with one attached hydrogen (secondary N) is 1. The Labute approximate surface area is 157 Å². The van der Waals surface area contributed by atoms with Gasteiger partial charge in [0.1, 0.15) is 6.04 Å². The number of aryl methyl sites for hydroxylation is 1. The van der Waals surface area contributed by atoms with Gasteiger partial charge in [0.05, 0.1) is 5.56 Å². The number of hydrogen-bond donors (Lipinski definition) is 1. The van der Waals surface area contributed by atoms with Crippen molar-refractivity contribution in [2.45, 2.75) is 39.0 Å². The quantitative estimate of drug-likeness (QED) is 0.849. The van der Waals surface area contributed by atoms with Crippen molar-refractivity contribution in [2.75, 3.05) is 5.32 Å². The van der Waals surface area contributed by atoms with Crippen LogP contribution in [0.15, 0.2) is 42.5 Å². The van der Waals surface area contributed by atoms with Crippen LogP contribution < -0.4 is 5.32 Å². The number of carbonyl (C=O) groups excluding carboxylic acids is 3. The summed E-state index contributed by atoms with van der Waals surface area (Å²) in [6, 6.07) is 12.0. The zero-order valence-electron chi connectivity index (χ0n) is 15.2. The van der Waals surface area contributed by atoms with Gasteiger partial charge in [0, 0.05) is 17.7 Å². The van der Waals surface area contributed by atoms with Crippen LogP contribution in [0.2, 0.25) is 0 Å². The smallest absolute Gasteiger partial charge is 0.340 e. The van der Waals surface area contributed by atoms with Gasteiger partial charge < -0.3 is 10.1 Å². The fourth-order valence-corrected chi connectivity index (χ4v) is 3.69. The molecule has 0 aromatic heterocycles. The molecule has 2 atom stereocenters. The Hall–Kier alpha value is -3.15. The van der Waals surface area contributed by atoms with Crippen LogP contribution in [0.5, 0.6) is 0 Å². The van der Waals surface area contributed by atoms with Crippen molar-refractivity contribution in [1.29, 1.82) is 0 Å². The van der Waals surface area contributed by atoms with Crippen LogP contribution in [0.1, 0.15) is 46.1 Å². The van der Waals surface area contributed by atoms with Crippen molar-refractivity contribution in [3.8, 4) is 0 Å². The highest BCUT2D eigenvalue weighted by atomic mass is 16.6. The second kappa shape index (κ2) is 6.54. The van der Waals surface area contributed by atoms with Crippen molar-refractivity contribution in [3.05, 3.63) is 64.7 Å². The second-order valence-electron chi connectivity index (χ2n) is 6.94. The molecule has 138 valence electrons. The molecule has 2 aromatic carbocycles. The maximum atomic E-state index is 12.9. The van der Waals surface area contributed by atoms with E-state index in [0.717, 1.165) is 16.8 Å². The minimum absolute atomic E-state index is 0.189. The first-order chi connectivity index (χ1) is 13.0. The molecular formula is C21H20N2O4. The van der Waals surface area contributed by atoms with Gasteiger partial charge >= 0.3 is 5.97 Å². The third-order valence-corrected chi connectivity index (χ3v) is 5.34. The lowest BCUT2D eigenvalue weighted by Gasteiger charge is -2.29. The number of hydrogen-bond acceptors (Lipinski definition) is 4. The summed E-state index contributed by atoms with van der Waals surface area (Å²) in [7, 11) is 0. The molecule has 0 radical (unpaired) electrons. The Morgan fingerprint density at radius 2 is 1.89 bits per heavy atom. The van der Waals surface area contributed by atoms with Gasteiger partial charge in [-0.3, -0.25) is 14.5 Å². The van der Waals surface area contributed by atoms with Crippen LogP contribution in [0.3, 0.4) is 0 Å². The van der Waals surface area contributed by atoms with Crippen molar-refractivity contribution in [1.82, 2.24) is 4.90 Å². The van der Waals surface area contributed by atoms with Crippen LogP contribution >= 0.6 is 0 Å². The summed E-state index contributed by atoms with van der Waals surface area (Å²) in [6.45, 7) is 3.92. The molecule has 2 aliphatic rings. The highest BCUT2D eigenvalue weighted by molar-refractivity contribution is 6.00. The van der Waals surface area contributed by atoms with Crippen molar-refractivity contribution < 1.29 is 19.1 Å². The van der Waals surface area contributed by atoms with Gasteiger partial charge in [-0.05, 0) is 43.5 Å². The van der Waals surface area contributed by atoms with E-state index in [9.17, 15) is 14.4 Å². The molecule has 1 saturated heterocycles. The van der Waals surface area contributed by atoms with E-state index in [2.05, 4.69) is 5.32 Å². The summed E-state index contributed by atoms with van der Waals surface area (Å²) in [5.74, 6) is -0.926. The topological polar surface area (TPSA) is 75.7 Å². The van der Waals surface area contributed by atoms with Crippen molar-refractivity contribution in [3.63, 3.8) is 0 Å². The zero-order chi connectivity index (χ0) is 19.1. The highest BCUT2D eigenvalue weighted by Crippen LogP contribution is 2.38. The lowest BCUT2D eigenvalue weighted by Crippen LogP contribution is -2.44. The van der Waals surface area contributed by atoms with E-state index in [1.54, 1.807) is 24.3 Å². The SMILES string of the molecule is Cc1cccc(NC(=O)[C@@H]2CCC(=O)N2[C@@H]2OC(=O)c3ccccc32)c1C. The highest BCUT2D eigenvalue weighted by Gasteiger charge is 2.46. The molecule has 0 saturated carbocycles. The maximum Gasteiger partial charge on any atom is 0.340 e. The molecule has 0 spiro atoms. The summed E-state index contributed by atoms with van der Waals surface area (Å²) < 4.78 is 5.45. The molecule has 0 aliphatic carbocycles. The second-order valence-corrected chi connectivity index (χ2v) is 6.94. The number of nitrogens with zero attached hydrogens (tertiary/aromatic N) is 1. The molecule has 1 N–H and O–H groups in total. The van der Waals surface area contributed by atoms with E-state index < -0.39 is 18.2 Å². The summed E-state index contributed by atoms with van der Waals surface area (Å²) in [6.07, 6.45) is -0.203. The predicted octanol–water partition coefficient (Wildman–Crippen LogP) is 3.10. The normalized spacial score (nSPS) is 21.2. The van der Waals surface area contributed by atoms with Gasteiger partial charge in [-0.15, -0.1) is 0 Å². The molecule has 6 heteroatoms. The Morgan fingerprint density at radius 1 is 1.11 bits per heavy atom. The average molecular weight is 364 g/mol. The molecule has 0 unspecified atom stereocenters. The van der Waals surface area contributed by atoms with Crippen LogP contribution in [-0.4, -0.2) is 28.7 Å². The summed E-state index contributed by atoms with van der Waals surface area (Å²) in [5, 5.41) is 2.93. The molecule has 27 heavy (non-hydrogen) atoms. The Balaban J connectivity index is 1.62. The zero-order valence-corrected chi connectivity index (χ0v) is 15.2. The van der Waals surface area contributed by atoms with Gasteiger partial charge in [-0.1, -0.05) is 30.3 Å². The Bertz CT molecular complexity index is 953. The molecule has 2 aromatic rings. The lowest BCUT2D eigenvalue weighted by molar-refractivity contribution is -0.144.